The molecule has 1 rings (SSSR count). The summed E-state index contributed by atoms with van der Waals surface area (Å²) in [6.07, 6.45) is 0.468. The molecule has 0 radical (unpaired) electrons. The van der Waals surface area contributed by atoms with Gasteiger partial charge in [0.25, 0.3) is 0 Å². The fourth-order valence-electron chi connectivity index (χ4n) is 0.873. The monoisotopic (exact) mass is 178 g/mol. The molecule has 0 amide bonds. The molecule has 0 aromatic rings. The minimum atomic E-state index is -0.0414. The Morgan fingerprint density at radius 2 is 2.27 bits per heavy atom. The van der Waals surface area contributed by atoms with Gasteiger partial charge in [-0.05, 0) is 20.8 Å². The molecule has 1 aliphatic rings. The van der Waals surface area contributed by atoms with Crippen LogP contribution in [0.15, 0.2) is 0 Å². The summed E-state index contributed by atoms with van der Waals surface area (Å²) in [6.45, 7) is 6.72. The molecular formula is C8H15ClO2. The first-order valence-corrected chi connectivity index (χ1v) is 4.47. The average molecular weight is 179 g/mol. The molecule has 1 aliphatic heterocycles. The number of rotatable bonds is 4. The molecule has 0 bridgehead atoms. The van der Waals surface area contributed by atoms with Crippen molar-refractivity contribution in [1.82, 2.24) is 0 Å². The van der Waals surface area contributed by atoms with Crippen LogP contribution in [0.5, 0.6) is 0 Å². The molecule has 0 aromatic carbocycles. The van der Waals surface area contributed by atoms with Crippen molar-refractivity contribution in [3.8, 4) is 0 Å². The molecular weight excluding hydrogens is 164 g/mol. The molecule has 0 spiro atoms. The van der Waals surface area contributed by atoms with Crippen molar-refractivity contribution >= 4 is 11.6 Å². The van der Waals surface area contributed by atoms with Crippen molar-refractivity contribution in [3.63, 3.8) is 0 Å². The van der Waals surface area contributed by atoms with Crippen molar-refractivity contribution in [2.24, 2.45) is 0 Å². The van der Waals surface area contributed by atoms with Gasteiger partial charge >= 0.3 is 0 Å². The van der Waals surface area contributed by atoms with Crippen molar-refractivity contribution in [1.29, 1.82) is 0 Å². The number of hydrogen-bond donors (Lipinski definition) is 0. The smallest absolute Gasteiger partial charge is 0.115 e. The maximum absolute atomic E-state index is 5.57. The number of hydrogen-bond acceptors (Lipinski definition) is 2. The molecule has 66 valence electrons. The van der Waals surface area contributed by atoms with Crippen LogP contribution in [0.4, 0.5) is 0 Å². The molecule has 0 aromatic heterocycles. The number of halogens is 1. The van der Waals surface area contributed by atoms with Crippen LogP contribution in [0, 0.1) is 0 Å². The fourth-order valence-corrected chi connectivity index (χ4v) is 0.963. The highest BCUT2D eigenvalue weighted by molar-refractivity contribution is 6.18. The largest absolute Gasteiger partial charge is 0.374 e. The molecule has 1 saturated heterocycles. The van der Waals surface area contributed by atoms with Gasteiger partial charge in [0, 0.05) is 5.88 Å². The van der Waals surface area contributed by atoms with E-state index < -0.39 is 0 Å². The SMILES string of the molecule is CC(CCl)OCC1(C)OC1C. The molecule has 1 heterocycles. The van der Waals surface area contributed by atoms with E-state index in [1.165, 1.54) is 0 Å². The van der Waals surface area contributed by atoms with Gasteiger partial charge in [0.05, 0.1) is 18.8 Å². The first-order valence-electron chi connectivity index (χ1n) is 3.94. The molecule has 11 heavy (non-hydrogen) atoms. The molecule has 2 nitrogen and oxygen atoms in total. The van der Waals surface area contributed by atoms with Crippen molar-refractivity contribution in [3.05, 3.63) is 0 Å². The molecule has 3 atom stereocenters. The van der Waals surface area contributed by atoms with E-state index in [1.54, 1.807) is 0 Å². The maximum Gasteiger partial charge on any atom is 0.115 e. The van der Waals surface area contributed by atoms with Crippen molar-refractivity contribution in [2.75, 3.05) is 12.5 Å². The zero-order valence-corrected chi connectivity index (χ0v) is 8.02. The van der Waals surface area contributed by atoms with Crippen LogP contribution in [0.2, 0.25) is 0 Å². The predicted molar refractivity (Wildman–Crippen MR) is 45.1 cm³/mol. The quantitative estimate of drug-likeness (QED) is 0.484. The predicted octanol–water partition coefficient (Wildman–Crippen LogP) is 1.81. The van der Waals surface area contributed by atoms with E-state index in [9.17, 15) is 0 Å². The lowest BCUT2D eigenvalue weighted by Gasteiger charge is -2.11. The Balaban J connectivity index is 2.13. The maximum atomic E-state index is 5.57. The summed E-state index contributed by atoms with van der Waals surface area (Å²) in [5, 5.41) is 0. The van der Waals surface area contributed by atoms with Crippen LogP contribution in [0.1, 0.15) is 20.8 Å². The van der Waals surface area contributed by atoms with Crippen LogP contribution >= 0.6 is 11.6 Å². The first-order chi connectivity index (χ1) is 5.08. The number of alkyl halides is 1. The van der Waals surface area contributed by atoms with Gasteiger partial charge in [0.2, 0.25) is 0 Å². The first kappa shape index (κ1) is 9.30. The van der Waals surface area contributed by atoms with Crippen LogP contribution in [-0.2, 0) is 9.47 Å². The summed E-state index contributed by atoms with van der Waals surface area (Å²) in [6, 6.07) is 0. The second-order valence-corrected chi connectivity index (χ2v) is 3.66. The van der Waals surface area contributed by atoms with Gasteiger partial charge in [-0.15, -0.1) is 11.6 Å². The summed E-state index contributed by atoms with van der Waals surface area (Å²) in [7, 11) is 0. The van der Waals surface area contributed by atoms with Gasteiger partial charge in [0.1, 0.15) is 5.60 Å². The molecule has 3 heteroatoms. The van der Waals surface area contributed by atoms with E-state index in [0.29, 0.717) is 18.6 Å². The van der Waals surface area contributed by atoms with Crippen LogP contribution < -0.4 is 0 Å². The van der Waals surface area contributed by atoms with Crippen molar-refractivity contribution < 1.29 is 9.47 Å². The lowest BCUT2D eigenvalue weighted by Crippen LogP contribution is -2.22. The minimum absolute atomic E-state index is 0.0414. The van der Waals surface area contributed by atoms with E-state index in [0.717, 1.165) is 0 Å². The second-order valence-electron chi connectivity index (χ2n) is 3.35. The molecule has 0 N–H and O–H groups in total. The highest BCUT2D eigenvalue weighted by Gasteiger charge is 2.49. The fraction of sp³-hybridized carbons (Fsp3) is 1.00. The summed E-state index contributed by atoms with van der Waals surface area (Å²) in [5.74, 6) is 0.546. The number of ether oxygens (including phenoxy) is 2. The Kier molecular flexibility index (Phi) is 2.79. The summed E-state index contributed by atoms with van der Waals surface area (Å²) < 4.78 is 10.8. The third kappa shape index (κ3) is 2.32. The van der Waals surface area contributed by atoms with Gasteiger partial charge in [-0.1, -0.05) is 0 Å². The summed E-state index contributed by atoms with van der Waals surface area (Å²) in [5.41, 5.74) is -0.0414. The summed E-state index contributed by atoms with van der Waals surface area (Å²) in [4.78, 5) is 0. The summed E-state index contributed by atoms with van der Waals surface area (Å²) >= 11 is 5.57. The molecule has 0 saturated carbocycles. The Morgan fingerprint density at radius 1 is 1.73 bits per heavy atom. The molecule has 3 unspecified atom stereocenters. The van der Waals surface area contributed by atoms with Crippen LogP contribution in [-0.4, -0.2) is 30.3 Å². The lowest BCUT2D eigenvalue weighted by atomic mass is 10.1. The average Bonchev–Trinajstić information content (AvgIpc) is 2.56. The van der Waals surface area contributed by atoms with Gasteiger partial charge in [0.15, 0.2) is 0 Å². The Morgan fingerprint density at radius 3 is 2.64 bits per heavy atom. The standard InChI is InChI=1S/C8H15ClO2/c1-6(4-9)10-5-8(3)7(2)11-8/h6-7H,4-5H2,1-3H3. The topological polar surface area (TPSA) is 21.8 Å². The zero-order valence-electron chi connectivity index (χ0n) is 7.26. The Hall–Kier alpha value is 0.210. The van der Waals surface area contributed by atoms with Crippen molar-refractivity contribution in [2.45, 2.75) is 38.6 Å². The minimum Gasteiger partial charge on any atom is -0.374 e. The third-order valence-corrected chi connectivity index (χ3v) is 2.56. The van der Waals surface area contributed by atoms with Gasteiger partial charge in [-0.25, -0.2) is 0 Å². The number of epoxide rings is 1. The normalized spacial score (nSPS) is 38.7. The molecule has 1 fully saturated rings. The Labute approximate surface area is 72.8 Å². The van der Waals surface area contributed by atoms with Crippen LogP contribution in [0.3, 0.4) is 0 Å². The highest BCUT2D eigenvalue weighted by atomic mass is 35.5. The lowest BCUT2D eigenvalue weighted by molar-refractivity contribution is 0.0438. The Bertz CT molecular complexity index is 140. The van der Waals surface area contributed by atoms with Gasteiger partial charge < -0.3 is 9.47 Å². The van der Waals surface area contributed by atoms with E-state index in [2.05, 4.69) is 13.8 Å². The van der Waals surface area contributed by atoms with E-state index in [-0.39, 0.29) is 11.7 Å². The second kappa shape index (κ2) is 3.30. The van der Waals surface area contributed by atoms with Gasteiger partial charge in [-0.2, -0.15) is 0 Å². The highest BCUT2D eigenvalue weighted by Crippen LogP contribution is 2.35. The van der Waals surface area contributed by atoms with Crippen LogP contribution in [0.25, 0.3) is 0 Å². The zero-order chi connectivity index (χ0) is 8.48. The third-order valence-electron chi connectivity index (χ3n) is 2.12. The molecule has 0 aliphatic carbocycles. The van der Waals surface area contributed by atoms with E-state index >= 15 is 0 Å². The van der Waals surface area contributed by atoms with E-state index in [4.69, 9.17) is 21.1 Å². The van der Waals surface area contributed by atoms with E-state index in [1.807, 2.05) is 6.92 Å². The van der Waals surface area contributed by atoms with Gasteiger partial charge in [-0.3, -0.25) is 0 Å².